The van der Waals surface area contributed by atoms with Crippen LogP contribution in [0.4, 0.5) is 26.3 Å². The molecule has 0 heterocycles. The van der Waals surface area contributed by atoms with Crippen molar-refractivity contribution in [3.05, 3.63) is 16.8 Å². The molecule has 0 amide bonds. The zero-order valence-electron chi connectivity index (χ0n) is 13.4. The third-order valence-corrected chi connectivity index (χ3v) is 5.05. The maximum Gasteiger partial charge on any atom is 0.480 e. The minimum absolute atomic E-state index is 0.778. The highest BCUT2D eigenvalue weighted by molar-refractivity contribution is 8.13. The summed E-state index contributed by atoms with van der Waals surface area (Å²) in [5.74, 6) is 0. The largest absolute Gasteiger partial charge is 0.480 e. The van der Waals surface area contributed by atoms with Gasteiger partial charge < -0.3 is 13.3 Å². The van der Waals surface area contributed by atoms with Gasteiger partial charge in [-0.05, 0) is 6.08 Å². The molecule has 0 unspecified atom stereocenters. The molecule has 25 heavy (non-hydrogen) atoms. The lowest BCUT2D eigenvalue weighted by Gasteiger charge is -2.27. The van der Waals surface area contributed by atoms with Gasteiger partial charge in [0.2, 0.25) is 0 Å². The van der Waals surface area contributed by atoms with Crippen molar-refractivity contribution in [2.75, 3.05) is 40.9 Å². The molecule has 0 rings (SSSR count). The van der Waals surface area contributed by atoms with Crippen LogP contribution >= 0.6 is 0 Å². The molecule has 0 saturated carbocycles. The van der Waals surface area contributed by atoms with Crippen LogP contribution in [0.2, 0.25) is 0 Å². The quantitative estimate of drug-likeness (QED) is 0.354. The van der Waals surface area contributed by atoms with Crippen LogP contribution in [0.25, 0.3) is 4.13 Å². The summed E-state index contributed by atoms with van der Waals surface area (Å²) < 4.78 is 115. The number of likely N-dealkylation sites (N-methyl/N-ethyl adjacent to an activating group) is 1. The van der Waals surface area contributed by atoms with Crippen molar-refractivity contribution in [3.63, 3.8) is 0 Å². The Hall–Kier alpha value is -0.900. The molecule has 15 heteroatoms. The Bertz CT molecular complexity index is 583. The van der Waals surface area contributed by atoms with Gasteiger partial charge in [-0.15, -0.1) is 0 Å². The average Bonchev–Trinajstić information content (AvgIpc) is 2.33. The number of methoxy groups -OCH3 is 1. The average molecular weight is 424 g/mol. The summed E-state index contributed by atoms with van der Waals surface area (Å²) in [7, 11) is -7.38. The van der Waals surface area contributed by atoms with Gasteiger partial charge in [0.05, 0.1) is 27.2 Å². The molecule has 0 aromatic rings. The number of sulfonamides is 2. The van der Waals surface area contributed by atoms with Crippen LogP contribution in [0.5, 0.6) is 0 Å². The van der Waals surface area contributed by atoms with Crippen LogP contribution in [0.15, 0.2) is 12.7 Å². The van der Waals surface area contributed by atoms with E-state index >= 15 is 0 Å². The van der Waals surface area contributed by atoms with Crippen LogP contribution in [-0.4, -0.2) is 73.2 Å². The van der Waals surface area contributed by atoms with Gasteiger partial charge in [-0.25, -0.2) is 16.8 Å². The number of hydrogen-bond donors (Lipinski definition) is 0. The second kappa shape index (κ2) is 9.16. The molecule has 0 radical (unpaired) electrons. The number of rotatable bonds is 7. The van der Waals surface area contributed by atoms with Crippen LogP contribution < -0.4 is 0 Å². The summed E-state index contributed by atoms with van der Waals surface area (Å²) in [6, 6.07) is 0. The summed E-state index contributed by atoms with van der Waals surface area (Å²) in [5, 5.41) is 0. The highest BCUT2D eigenvalue weighted by Crippen LogP contribution is 2.36. The summed E-state index contributed by atoms with van der Waals surface area (Å²) in [6.45, 7) is 6.57. The monoisotopic (exact) mass is 424 g/mol. The number of hydrogen-bond acceptors (Lipinski definition) is 5. The smallest absolute Gasteiger partial charge is 0.421 e. The van der Waals surface area contributed by atoms with Crippen molar-refractivity contribution < 1.29 is 52.4 Å². The van der Waals surface area contributed by atoms with Gasteiger partial charge in [0, 0.05) is 7.11 Å². The van der Waals surface area contributed by atoms with Crippen molar-refractivity contribution in [1.29, 1.82) is 0 Å². The Labute approximate surface area is 141 Å². The summed E-state index contributed by atoms with van der Waals surface area (Å²) in [4.78, 5) is 0. The lowest BCUT2D eigenvalue weighted by Crippen LogP contribution is -2.42. The second-order valence-corrected chi connectivity index (χ2v) is 8.46. The van der Waals surface area contributed by atoms with E-state index < -0.39 is 31.1 Å². The molecule has 0 atom stereocenters. The predicted octanol–water partition coefficient (Wildman–Crippen LogP) is 1.95. The summed E-state index contributed by atoms with van der Waals surface area (Å²) >= 11 is 0. The number of ether oxygens (including phenoxy) is 1. The van der Waals surface area contributed by atoms with E-state index in [1.807, 2.05) is 6.08 Å². The van der Waals surface area contributed by atoms with E-state index in [1.54, 1.807) is 7.11 Å². The Kier molecular flexibility index (Phi) is 9.64. The van der Waals surface area contributed by atoms with Crippen molar-refractivity contribution in [1.82, 2.24) is 0 Å². The normalized spacial score (nSPS) is 13.8. The molecule has 0 saturated heterocycles. The van der Waals surface area contributed by atoms with E-state index in [9.17, 15) is 43.2 Å². The topological polar surface area (TPSA) is 91.6 Å². The van der Waals surface area contributed by atoms with Gasteiger partial charge >= 0.3 is 11.0 Å². The van der Waals surface area contributed by atoms with Crippen molar-refractivity contribution in [2.24, 2.45) is 0 Å². The third kappa shape index (κ3) is 9.98. The van der Waals surface area contributed by atoms with E-state index in [4.69, 9.17) is 4.74 Å². The lowest BCUT2D eigenvalue weighted by molar-refractivity contribution is -0.884. The van der Waals surface area contributed by atoms with E-state index in [2.05, 4.69) is 20.7 Å². The van der Waals surface area contributed by atoms with Crippen molar-refractivity contribution >= 4 is 20.0 Å². The zero-order valence-corrected chi connectivity index (χ0v) is 15.1. The Morgan fingerprint density at radius 2 is 1.36 bits per heavy atom. The first-order valence-electron chi connectivity index (χ1n) is 6.11. The molecule has 0 aliphatic carbocycles. The van der Waals surface area contributed by atoms with Gasteiger partial charge in [0.1, 0.15) is 6.54 Å². The molecular formula is C10H18F6N2O5S2. The molecule has 0 spiro atoms. The number of halogens is 6. The lowest BCUT2D eigenvalue weighted by atomic mass is 10.4. The SMILES string of the molecule is C=CC[N+](C)(C)CCOC.O=S(=O)([N-]S(=O)(=O)C(F)(F)F)C(F)(F)F. The fourth-order valence-electron chi connectivity index (χ4n) is 0.993. The van der Waals surface area contributed by atoms with E-state index in [-0.39, 0.29) is 0 Å². The predicted molar refractivity (Wildman–Crippen MR) is 77.2 cm³/mol. The third-order valence-electron chi connectivity index (χ3n) is 2.31. The molecule has 0 N–H and O–H groups in total. The Morgan fingerprint density at radius 1 is 1.00 bits per heavy atom. The zero-order chi connectivity index (χ0) is 20.7. The number of quaternary nitrogens is 1. The van der Waals surface area contributed by atoms with E-state index in [1.165, 1.54) is 0 Å². The number of nitrogens with zero attached hydrogens (tertiary/aromatic N) is 2. The van der Waals surface area contributed by atoms with Crippen LogP contribution in [0.1, 0.15) is 0 Å². The molecule has 0 aromatic carbocycles. The maximum atomic E-state index is 11.4. The van der Waals surface area contributed by atoms with Crippen LogP contribution in [0, 0.1) is 0 Å². The first kappa shape index (κ1) is 26.3. The first-order chi connectivity index (χ1) is 10.8. The second-order valence-electron chi connectivity index (χ2n) is 5.04. The fraction of sp³-hybridized carbons (Fsp3) is 0.800. The molecule has 152 valence electrons. The molecule has 0 aromatic heterocycles. The van der Waals surface area contributed by atoms with E-state index in [0.717, 1.165) is 28.3 Å². The summed E-state index contributed by atoms with van der Waals surface area (Å²) in [6.07, 6.45) is 1.94. The Morgan fingerprint density at radius 3 is 1.60 bits per heavy atom. The molecule has 7 nitrogen and oxygen atoms in total. The van der Waals surface area contributed by atoms with Crippen molar-refractivity contribution in [3.8, 4) is 0 Å². The van der Waals surface area contributed by atoms with Gasteiger partial charge in [-0.2, -0.15) is 26.3 Å². The molecule has 0 aliphatic heterocycles. The van der Waals surface area contributed by atoms with Gasteiger partial charge in [0.25, 0.3) is 0 Å². The molecular weight excluding hydrogens is 406 g/mol. The molecule has 0 bridgehead atoms. The van der Waals surface area contributed by atoms with Gasteiger partial charge in [-0.1, -0.05) is 6.58 Å². The van der Waals surface area contributed by atoms with Gasteiger partial charge in [0.15, 0.2) is 20.0 Å². The Balaban J connectivity index is 0. The summed E-state index contributed by atoms with van der Waals surface area (Å²) in [5.41, 5.74) is -12.4. The molecule has 0 fully saturated rings. The number of alkyl halides is 6. The van der Waals surface area contributed by atoms with Crippen molar-refractivity contribution in [2.45, 2.75) is 11.0 Å². The highest BCUT2D eigenvalue weighted by atomic mass is 32.3. The maximum absolute atomic E-state index is 11.4. The minimum atomic E-state index is -6.72. The standard InChI is InChI=1S/C8H18NO.C2F6NO4S2/c1-5-6-9(2,3)7-8-10-4;3-1(4,5)14(10,11)9-15(12,13)2(6,7)8/h5H,1,6-8H2,2-4H3;/q+1;-1. The fourth-order valence-corrected chi connectivity index (χ4v) is 2.70. The van der Waals surface area contributed by atoms with Gasteiger partial charge in [-0.3, -0.25) is 0 Å². The van der Waals surface area contributed by atoms with Crippen LogP contribution in [-0.2, 0) is 24.8 Å². The van der Waals surface area contributed by atoms with E-state index in [0.29, 0.717) is 0 Å². The highest BCUT2D eigenvalue weighted by Gasteiger charge is 2.46. The van der Waals surface area contributed by atoms with Crippen LogP contribution in [0.3, 0.4) is 0 Å². The molecule has 0 aliphatic rings. The first-order valence-corrected chi connectivity index (χ1v) is 8.99. The minimum Gasteiger partial charge on any atom is -0.421 e.